The van der Waals surface area contributed by atoms with Gasteiger partial charge in [-0.15, -0.1) is 0 Å². The number of hydrogen-bond donors (Lipinski definition) is 1. The van der Waals surface area contributed by atoms with Gasteiger partial charge < -0.3 is 24.2 Å². The Morgan fingerprint density at radius 1 is 1.31 bits per heavy atom. The molecule has 2 aliphatic heterocycles. The van der Waals surface area contributed by atoms with Crippen LogP contribution >= 0.6 is 0 Å². The standard InChI is InChI=1S/C18H20FN3O4/c1-10-22-8-12(18(24)25)17(23)11-7-14(19)16(13(9-26-10)15(11)22)21-5-3-20(2)4-6-21/h7-8,10H,3-6,9H2,1-2H3,(H,24,25). The number of nitrogens with zero attached hydrogens (tertiary/aromatic N) is 3. The molecule has 8 heteroatoms. The Bertz CT molecular complexity index is 963. The lowest BCUT2D eigenvalue weighted by molar-refractivity contribution is -0.00184. The first kappa shape index (κ1) is 17.0. The van der Waals surface area contributed by atoms with Crippen LogP contribution in [0.15, 0.2) is 17.1 Å². The summed E-state index contributed by atoms with van der Waals surface area (Å²) >= 11 is 0. The van der Waals surface area contributed by atoms with E-state index in [4.69, 9.17) is 4.74 Å². The summed E-state index contributed by atoms with van der Waals surface area (Å²) in [4.78, 5) is 28.1. The molecule has 1 N–H and O–H groups in total. The molecule has 1 atom stereocenters. The van der Waals surface area contributed by atoms with Crippen LogP contribution in [-0.2, 0) is 11.3 Å². The van der Waals surface area contributed by atoms with Crippen molar-refractivity contribution in [1.82, 2.24) is 9.47 Å². The van der Waals surface area contributed by atoms with Crippen molar-refractivity contribution >= 4 is 22.6 Å². The zero-order valence-electron chi connectivity index (χ0n) is 14.7. The van der Waals surface area contributed by atoms with E-state index in [0.717, 1.165) is 13.1 Å². The highest BCUT2D eigenvalue weighted by Crippen LogP contribution is 2.37. The number of carbonyl (C=O) groups is 1. The molecule has 1 aromatic heterocycles. The number of halogens is 1. The van der Waals surface area contributed by atoms with Crippen LogP contribution in [0.25, 0.3) is 10.9 Å². The number of carboxylic acids is 1. The second kappa shape index (κ2) is 6.07. The zero-order chi connectivity index (χ0) is 18.6. The number of anilines is 1. The van der Waals surface area contributed by atoms with E-state index >= 15 is 4.39 Å². The maximum atomic E-state index is 15.0. The van der Waals surface area contributed by atoms with E-state index in [2.05, 4.69) is 4.90 Å². The largest absolute Gasteiger partial charge is 0.477 e. The van der Waals surface area contributed by atoms with Crippen LogP contribution in [0, 0.1) is 5.82 Å². The first-order valence-corrected chi connectivity index (χ1v) is 8.57. The number of carboxylic acid groups (broad SMARTS) is 1. The van der Waals surface area contributed by atoms with Crippen LogP contribution in [0.1, 0.15) is 29.1 Å². The van der Waals surface area contributed by atoms with Crippen molar-refractivity contribution < 1.29 is 19.0 Å². The van der Waals surface area contributed by atoms with Crippen LogP contribution in [-0.4, -0.2) is 53.8 Å². The van der Waals surface area contributed by atoms with E-state index in [1.54, 1.807) is 11.5 Å². The molecule has 0 amide bonds. The molecule has 2 aromatic rings. The number of aromatic carboxylic acids is 1. The van der Waals surface area contributed by atoms with Crippen molar-refractivity contribution in [2.24, 2.45) is 0 Å². The van der Waals surface area contributed by atoms with Gasteiger partial charge in [-0.3, -0.25) is 4.79 Å². The van der Waals surface area contributed by atoms with Gasteiger partial charge >= 0.3 is 5.97 Å². The number of hydrogen-bond acceptors (Lipinski definition) is 5. The van der Waals surface area contributed by atoms with Crippen molar-refractivity contribution in [2.45, 2.75) is 19.8 Å². The summed E-state index contributed by atoms with van der Waals surface area (Å²) in [6, 6.07) is 1.18. The van der Waals surface area contributed by atoms with Crippen LogP contribution < -0.4 is 10.3 Å². The number of aromatic nitrogens is 1. The van der Waals surface area contributed by atoms with Crippen LogP contribution in [0.4, 0.5) is 10.1 Å². The Labute approximate surface area is 149 Å². The molecule has 1 aromatic carbocycles. The van der Waals surface area contributed by atoms with E-state index in [1.165, 1.54) is 12.3 Å². The van der Waals surface area contributed by atoms with Gasteiger partial charge in [0.15, 0.2) is 0 Å². The molecule has 26 heavy (non-hydrogen) atoms. The summed E-state index contributed by atoms with van der Waals surface area (Å²) in [6.45, 7) is 4.95. The highest BCUT2D eigenvalue weighted by atomic mass is 19.1. The Balaban J connectivity index is 2.00. The molecule has 138 valence electrons. The van der Waals surface area contributed by atoms with Crippen molar-refractivity contribution in [3.8, 4) is 0 Å². The topological polar surface area (TPSA) is 75.0 Å². The quantitative estimate of drug-likeness (QED) is 0.877. The van der Waals surface area contributed by atoms with Gasteiger partial charge in [-0.1, -0.05) is 0 Å². The molecular formula is C18H20FN3O4. The summed E-state index contributed by atoms with van der Waals surface area (Å²) < 4.78 is 22.4. The van der Waals surface area contributed by atoms with Crippen molar-refractivity contribution in [3.63, 3.8) is 0 Å². The van der Waals surface area contributed by atoms with Gasteiger partial charge in [0.1, 0.15) is 17.6 Å². The number of rotatable bonds is 2. The number of ether oxygens (including phenoxy) is 1. The minimum Gasteiger partial charge on any atom is -0.477 e. The van der Waals surface area contributed by atoms with Crippen molar-refractivity contribution in [3.05, 3.63) is 39.4 Å². The third-order valence-electron chi connectivity index (χ3n) is 5.25. The molecule has 0 spiro atoms. The van der Waals surface area contributed by atoms with E-state index in [0.29, 0.717) is 29.9 Å². The van der Waals surface area contributed by atoms with Gasteiger partial charge in [-0.05, 0) is 20.0 Å². The lowest BCUT2D eigenvalue weighted by atomic mass is 10.0. The molecule has 1 saturated heterocycles. The van der Waals surface area contributed by atoms with Crippen LogP contribution in [0.5, 0.6) is 0 Å². The molecule has 0 saturated carbocycles. The Morgan fingerprint density at radius 3 is 2.65 bits per heavy atom. The fourth-order valence-electron chi connectivity index (χ4n) is 3.79. The summed E-state index contributed by atoms with van der Waals surface area (Å²) in [5.74, 6) is -1.84. The van der Waals surface area contributed by atoms with E-state index in [9.17, 15) is 14.7 Å². The predicted octanol–water partition coefficient (Wildman–Crippen LogP) is 1.64. The number of likely N-dealkylation sites (N-methyl/N-ethyl adjacent to an activating group) is 1. The van der Waals surface area contributed by atoms with Crippen LogP contribution in [0.3, 0.4) is 0 Å². The molecule has 2 aliphatic rings. The van der Waals surface area contributed by atoms with Gasteiger partial charge in [0.2, 0.25) is 5.43 Å². The molecule has 4 rings (SSSR count). The number of piperazine rings is 1. The molecule has 0 radical (unpaired) electrons. The molecule has 0 aliphatic carbocycles. The first-order chi connectivity index (χ1) is 12.4. The van der Waals surface area contributed by atoms with Gasteiger partial charge in [0.05, 0.1) is 23.2 Å². The maximum Gasteiger partial charge on any atom is 0.341 e. The summed E-state index contributed by atoms with van der Waals surface area (Å²) in [7, 11) is 2.02. The van der Waals surface area contributed by atoms with Crippen molar-refractivity contribution in [2.75, 3.05) is 38.1 Å². The molecular weight excluding hydrogens is 341 g/mol. The molecule has 1 fully saturated rings. The third-order valence-corrected chi connectivity index (χ3v) is 5.25. The van der Waals surface area contributed by atoms with E-state index in [1.807, 2.05) is 11.9 Å². The number of pyridine rings is 1. The molecule has 0 bridgehead atoms. The predicted molar refractivity (Wildman–Crippen MR) is 94.3 cm³/mol. The fourth-order valence-corrected chi connectivity index (χ4v) is 3.79. The lowest BCUT2D eigenvalue weighted by Crippen LogP contribution is -2.45. The van der Waals surface area contributed by atoms with Gasteiger partial charge in [0.25, 0.3) is 0 Å². The van der Waals surface area contributed by atoms with Gasteiger partial charge in [-0.25, -0.2) is 9.18 Å². The summed E-state index contributed by atoms with van der Waals surface area (Å²) in [5.41, 5.74) is 0.579. The minimum atomic E-state index is -1.33. The maximum absolute atomic E-state index is 15.0. The highest BCUT2D eigenvalue weighted by molar-refractivity contribution is 5.95. The second-order valence-corrected chi connectivity index (χ2v) is 6.87. The molecule has 7 nitrogen and oxygen atoms in total. The fraction of sp³-hybridized carbons (Fsp3) is 0.444. The highest BCUT2D eigenvalue weighted by Gasteiger charge is 2.29. The Morgan fingerprint density at radius 2 is 2.00 bits per heavy atom. The summed E-state index contributed by atoms with van der Waals surface area (Å²) in [6.07, 6.45) is 0.862. The Hall–Kier alpha value is -2.45. The van der Waals surface area contributed by atoms with Crippen molar-refractivity contribution in [1.29, 1.82) is 0 Å². The molecule has 3 heterocycles. The Kier molecular flexibility index (Phi) is 3.96. The zero-order valence-corrected chi connectivity index (χ0v) is 14.7. The third kappa shape index (κ3) is 2.48. The van der Waals surface area contributed by atoms with E-state index < -0.39 is 23.4 Å². The van der Waals surface area contributed by atoms with Crippen LogP contribution in [0.2, 0.25) is 0 Å². The SMILES string of the molecule is CC1OCc2c(N3CCN(C)CC3)c(F)cc3c(=O)c(C(=O)O)cn1c23. The average Bonchev–Trinajstić information content (AvgIpc) is 2.60. The average molecular weight is 361 g/mol. The van der Waals surface area contributed by atoms with Gasteiger partial charge in [0, 0.05) is 37.9 Å². The number of benzene rings is 1. The molecule has 1 unspecified atom stereocenters. The van der Waals surface area contributed by atoms with Gasteiger partial charge in [-0.2, -0.15) is 0 Å². The normalized spacial score (nSPS) is 20.6. The second-order valence-electron chi connectivity index (χ2n) is 6.87. The first-order valence-electron chi connectivity index (χ1n) is 8.57. The minimum absolute atomic E-state index is 0.0884. The van der Waals surface area contributed by atoms with E-state index in [-0.39, 0.29) is 17.6 Å². The monoisotopic (exact) mass is 361 g/mol. The summed E-state index contributed by atoms with van der Waals surface area (Å²) in [5, 5.41) is 9.40. The lowest BCUT2D eigenvalue weighted by Gasteiger charge is -2.37. The smallest absolute Gasteiger partial charge is 0.341 e.